The number of nitrogens with zero attached hydrogens (tertiary/aromatic N) is 1. The Hall–Kier alpha value is -1.55. The first-order valence-electron chi connectivity index (χ1n) is 8.73. The maximum absolute atomic E-state index is 10.5. The molecule has 2 N–H and O–H groups in total. The molecule has 0 aliphatic rings. The minimum atomic E-state index is -0.433. The summed E-state index contributed by atoms with van der Waals surface area (Å²) in [5, 5.41) is 14.7. The normalized spacial score (nSPS) is 12.9. The third kappa shape index (κ3) is 5.74. The first-order chi connectivity index (χ1) is 11.7. The lowest BCUT2D eigenvalue weighted by molar-refractivity contribution is -0.906. The molecule has 0 aromatic heterocycles. The second-order valence-electron chi connectivity index (χ2n) is 7.68. The first kappa shape index (κ1) is 19.8. The summed E-state index contributed by atoms with van der Waals surface area (Å²) in [4.78, 5) is 0. The third-order valence-corrected chi connectivity index (χ3v) is 4.82. The van der Waals surface area contributed by atoms with E-state index in [1.165, 1.54) is 16.7 Å². The van der Waals surface area contributed by atoms with Crippen molar-refractivity contribution in [3.05, 3.63) is 63.7 Å². The van der Waals surface area contributed by atoms with Crippen molar-refractivity contribution in [2.75, 3.05) is 32.5 Å². The average Bonchev–Trinajstić information content (AvgIpc) is 2.47. The lowest BCUT2D eigenvalue weighted by Gasteiger charge is -2.32. The van der Waals surface area contributed by atoms with Crippen LogP contribution < -0.4 is 5.32 Å². The van der Waals surface area contributed by atoms with Crippen molar-refractivity contribution < 1.29 is 9.59 Å². The summed E-state index contributed by atoms with van der Waals surface area (Å²) in [7, 11) is 4.24. The van der Waals surface area contributed by atoms with E-state index in [0.717, 1.165) is 22.8 Å². The van der Waals surface area contributed by atoms with E-state index in [-0.39, 0.29) is 0 Å². The molecule has 0 aliphatic heterocycles. The quantitative estimate of drug-likeness (QED) is 0.720. The van der Waals surface area contributed by atoms with Gasteiger partial charge in [0.2, 0.25) is 0 Å². The SMILES string of the molecule is Cc1cc(C)c(NC[C@H](O)C[N+](C)(C)Cc2ccccc2Cl)c(C)c1. The summed E-state index contributed by atoms with van der Waals surface area (Å²) in [6.45, 7) is 8.29. The number of likely N-dealkylation sites (N-methyl/N-ethyl adjacent to an activating group) is 1. The van der Waals surface area contributed by atoms with Crippen LogP contribution in [0.2, 0.25) is 5.02 Å². The highest BCUT2D eigenvalue weighted by molar-refractivity contribution is 6.31. The molecule has 0 fully saturated rings. The van der Waals surface area contributed by atoms with Gasteiger partial charge in [0.15, 0.2) is 0 Å². The van der Waals surface area contributed by atoms with Gasteiger partial charge in [-0.15, -0.1) is 0 Å². The zero-order chi connectivity index (χ0) is 18.6. The molecule has 2 aromatic rings. The van der Waals surface area contributed by atoms with Gasteiger partial charge in [0.1, 0.15) is 19.2 Å². The van der Waals surface area contributed by atoms with Crippen LogP contribution >= 0.6 is 11.6 Å². The van der Waals surface area contributed by atoms with Crippen molar-refractivity contribution in [2.24, 2.45) is 0 Å². The second-order valence-corrected chi connectivity index (χ2v) is 8.08. The number of hydrogen-bond donors (Lipinski definition) is 2. The topological polar surface area (TPSA) is 32.3 Å². The van der Waals surface area contributed by atoms with Crippen molar-refractivity contribution in [1.82, 2.24) is 0 Å². The molecule has 2 rings (SSSR count). The van der Waals surface area contributed by atoms with Gasteiger partial charge in [0, 0.05) is 22.8 Å². The van der Waals surface area contributed by atoms with Crippen LogP contribution in [0.15, 0.2) is 36.4 Å². The zero-order valence-corrected chi connectivity index (χ0v) is 16.7. The lowest BCUT2D eigenvalue weighted by atomic mass is 10.0. The number of halogens is 1. The minimum absolute atomic E-state index is 0.433. The van der Waals surface area contributed by atoms with E-state index in [0.29, 0.717) is 17.6 Å². The Bertz CT molecular complexity index is 705. The van der Waals surface area contributed by atoms with Crippen LogP contribution in [0.3, 0.4) is 0 Å². The van der Waals surface area contributed by atoms with Gasteiger partial charge in [-0.3, -0.25) is 0 Å². The molecule has 3 nitrogen and oxygen atoms in total. The Morgan fingerprint density at radius 1 is 1.08 bits per heavy atom. The van der Waals surface area contributed by atoms with Crippen molar-refractivity contribution in [1.29, 1.82) is 0 Å². The van der Waals surface area contributed by atoms with Crippen molar-refractivity contribution >= 4 is 17.3 Å². The van der Waals surface area contributed by atoms with Crippen LogP contribution in [0.5, 0.6) is 0 Å². The molecule has 4 heteroatoms. The Balaban J connectivity index is 1.95. The number of aliphatic hydroxyl groups excluding tert-OH is 1. The van der Waals surface area contributed by atoms with E-state index in [2.05, 4.69) is 52.3 Å². The standard InChI is InChI=1S/C21H30ClN2O/c1-15-10-16(2)21(17(3)11-15)23-12-19(25)14-24(4,5)13-18-8-6-7-9-20(18)22/h6-11,19,23,25H,12-14H2,1-5H3/q+1/t19-/m0/s1. The van der Waals surface area contributed by atoms with E-state index < -0.39 is 6.10 Å². The van der Waals surface area contributed by atoms with Gasteiger partial charge in [0.25, 0.3) is 0 Å². The van der Waals surface area contributed by atoms with Gasteiger partial charge < -0.3 is 14.9 Å². The number of rotatable bonds is 7. The summed E-state index contributed by atoms with van der Waals surface area (Å²) in [5.41, 5.74) is 5.93. The Morgan fingerprint density at radius 2 is 1.68 bits per heavy atom. The molecule has 0 bridgehead atoms. The number of aryl methyl sites for hydroxylation is 3. The van der Waals surface area contributed by atoms with E-state index in [9.17, 15) is 5.11 Å². The predicted molar refractivity (Wildman–Crippen MR) is 107 cm³/mol. The average molecular weight is 362 g/mol. The molecule has 0 aliphatic carbocycles. The van der Waals surface area contributed by atoms with Crippen LogP contribution in [0, 0.1) is 20.8 Å². The number of quaternary nitrogens is 1. The number of nitrogens with one attached hydrogen (secondary N) is 1. The van der Waals surface area contributed by atoms with Gasteiger partial charge in [-0.05, 0) is 38.0 Å². The van der Waals surface area contributed by atoms with Gasteiger partial charge in [0.05, 0.1) is 14.1 Å². The maximum atomic E-state index is 10.5. The molecular formula is C21H30ClN2O+. The fourth-order valence-corrected chi connectivity index (χ4v) is 3.66. The second kappa shape index (κ2) is 8.22. The highest BCUT2D eigenvalue weighted by Crippen LogP contribution is 2.22. The van der Waals surface area contributed by atoms with Crippen molar-refractivity contribution in [3.63, 3.8) is 0 Å². The lowest BCUT2D eigenvalue weighted by Crippen LogP contribution is -2.46. The highest BCUT2D eigenvalue weighted by Gasteiger charge is 2.22. The number of hydrogen-bond acceptors (Lipinski definition) is 2. The first-order valence-corrected chi connectivity index (χ1v) is 9.11. The van der Waals surface area contributed by atoms with Crippen LogP contribution in [0.25, 0.3) is 0 Å². The Labute approximate surface area is 156 Å². The zero-order valence-electron chi connectivity index (χ0n) is 15.9. The molecular weight excluding hydrogens is 332 g/mol. The number of anilines is 1. The molecule has 0 saturated heterocycles. The Kier molecular flexibility index (Phi) is 6.50. The number of benzene rings is 2. The molecule has 2 aromatic carbocycles. The Morgan fingerprint density at radius 3 is 2.28 bits per heavy atom. The van der Waals surface area contributed by atoms with Gasteiger partial charge in [-0.1, -0.05) is 47.5 Å². The maximum Gasteiger partial charge on any atom is 0.120 e. The van der Waals surface area contributed by atoms with E-state index in [4.69, 9.17) is 11.6 Å². The molecule has 0 unspecified atom stereocenters. The van der Waals surface area contributed by atoms with Crippen molar-refractivity contribution in [3.8, 4) is 0 Å². The molecule has 0 amide bonds. The smallest absolute Gasteiger partial charge is 0.120 e. The predicted octanol–water partition coefficient (Wildman–Crippen LogP) is 4.31. The monoisotopic (exact) mass is 361 g/mol. The van der Waals surface area contributed by atoms with E-state index in [1.807, 2.05) is 24.3 Å². The van der Waals surface area contributed by atoms with Crippen LogP contribution in [0.4, 0.5) is 5.69 Å². The van der Waals surface area contributed by atoms with Crippen LogP contribution in [-0.4, -0.2) is 42.9 Å². The third-order valence-electron chi connectivity index (χ3n) is 4.45. The molecule has 1 atom stereocenters. The molecule has 0 radical (unpaired) electrons. The van der Waals surface area contributed by atoms with Gasteiger partial charge in [-0.25, -0.2) is 0 Å². The molecule has 0 saturated carbocycles. The molecule has 0 heterocycles. The van der Waals surface area contributed by atoms with E-state index >= 15 is 0 Å². The summed E-state index contributed by atoms with van der Waals surface area (Å²) in [6.07, 6.45) is -0.433. The van der Waals surface area contributed by atoms with Crippen LogP contribution in [-0.2, 0) is 6.54 Å². The highest BCUT2D eigenvalue weighted by atomic mass is 35.5. The summed E-state index contributed by atoms with van der Waals surface area (Å²) < 4.78 is 0.679. The fraction of sp³-hybridized carbons (Fsp3) is 0.429. The molecule has 0 spiro atoms. The number of aliphatic hydroxyl groups is 1. The van der Waals surface area contributed by atoms with Gasteiger partial charge >= 0.3 is 0 Å². The molecule has 25 heavy (non-hydrogen) atoms. The van der Waals surface area contributed by atoms with Crippen molar-refractivity contribution in [2.45, 2.75) is 33.4 Å². The summed E-state index contributed by atoms with van der Waals surface area (Å²) in [5.74, 6) is 0. The molecule has 136 valence electrons. The van der Waals surface area contributed by atoms with Crippen LogP contribution in [0.1, 0.15) is 22.3 Å². The summed E-state index contributed by atoms with van der Waals surface area (Å²) >= 11 is 6.27. The fourth-order valence-electron chi connectivity index (χ4n) is 3.47. The van der Waals surface area contributed by atoms with E-state index in [1.54, 1.807) is 0 Å². The summed E-state index contributed by atoms with van der Waals surface area (Å²) in [6, 6.07) is 12.2. The minimum Gasteiger partial charge on any atom is -0.385 e. The van der Waals surface area contributed by atoms with Gasteiger partial charge in [-0.2, -0.15) is 0 Å². The largest absolute Gasteiger partial charge is 0.385 e.